The Kier molecular flexibility index (Phi) is 10.1. The zero-order chi connectivity index (χ0) is 24.2. The number of carbonyl (C=O) groups is 2. The van der Waals surface area contributed by atoms with Crippen molar-refractivity contribution in [3.05, 3.63) is 65.7 Å². The van der Waals surface area contributed by atoms with Crippen LogP contribution in [-0.4, -0.2) is 43.9 Å². The first kappa shape index (κ1) is 25.6. The summed E-state index contributed by atoms with van der Waals surface area (Å²) in [5.74, 6) is 0.678. The summed E-state index contributed by atoms with van der Waals surface area (Å²) in [6.45, 7) is 3.86. The first-order valence-corrected chi connectivity index (χ1v) is 11.5. The van der Waals surface area contributed by atoms with Gasteiger partial charge in [0, 0.05) is 23.2 Å². The van der Waals surface area contributed by atoms with Crippen LogP contribution >= 0.6 is 11.3 Å². The van der Waals surface area contributed by atoms with Crippen molar-refractivity contribution in [2.45, 2.75) is 20.0 Å². The minimum Gasteiger partial charge on any atom is -0.491 e. The molecular weight excluding hydrogens is 468 g/mol. The molecule has 0 fully saturated rings. The lowest BCUT2D eigenvalue weighted by atomic mass is 10.2. The van der Waals surface area contributed by atoms with E-state index in [9.17, 15) is 18.0 Å². The summed E-state index contributed by atoms with van der Waals surface area (Å²) in [7, 11) is -1.34. The van der Waals surface area contributed by atoms with Gasteiger partial charge in [0.1, 0.15) is 22.6 Å². The average molecular weight is 491 g/mol. The van der Waals surface area contributed by atoms with Crippen LogP contribution in [0, 0.1) is 0 Å². The first-order valence-electron chi connectivity index (χ1n) is 9.53. The Labute approximate surface area is 196 Å². The Bertz CT molecular complexity index is 1180. The van der Waals surface area contributed by atoms with Gasteiger partial charge in [-0.25, -0.2) is 9.78 Å². The number of nitrogens with zero attached hydrogens (tertiary/aromatic N) is 1. The van der Waals surface area contributed by atoms with Crippen LogP contribution in [0.25, 0.3) is 0 Å². The Hall–Kier alpha value is -3.70. The van der Waals surface area contributed by atoms with Gasteiger partial charge in [-0.15, -0.1) is 11.3 Å². The van der Waals surface area contributed by atoms with Crippen LogP contribution in [0.5, 0.6) is 17.2 Å². The van der Waals surface area contributed by atoms with E-state index in [0.29, 0.717) is 33.3 Å². The highest BCUT2D eigenvalue weighted by Crippen LogP contribution is 2.28. The quantitative estimate of drug-likeness (QED) is 0.392. The van der Waals surface area contributed by atoms with E-state index in [-0.39, 0.29) is 12.0 Å². The summed E-state index contributed by atoms with van der Waals surface area (Å²) in [5.41, 5.74) is 0.444. The highest BCUT2D eigenvalue weighted by molar-refractivity contribution is 7.73. The van der Waals surface area contributed by atoms with E-state index in [1.807, 2.05) is 44.2 Å². The fourth-order valence-electron chi connectivity index (χ4n) is 2.31. The van der Waals surface area contributed by atoms with E-state index in [2.05, 4.69) is 15.0 Å². The lowest BCUT2D eigenvalue weighted by molar-refractivity contribution is -0.131. The van der Waals surface area contributed by atoms with Gasteiger partial charge in [-0.05, 0) is 38.1 Å². The lowest BCUT2D eigenvalue weighted by Gasteiger charge is -2.14. The number of hydrogen-bond donors (Lipinski definition) is 1. The number of benzene rings is 2. The van der Waals surface area contributed by atoms with Crippen LogP contribution in [-0.2, 0) is 19.8 Å². The SMILES string of the molecule is CC(C)Oc1cc(Oc2ccccc2)cc(C(=O)Nc2nccs2)c1.COC(=O)C=S(=O)=O. The van der Waals surface area contributed by atoms with Crippen LogP contribution in [0.15, 0.2) is 60.1 Å². The summed E-state index contributed by atoms with van der Waals surface area (Å²) in [6.07, 6.45) is 1.63. The third-order valence-electron chi connectivity index (χ3n) is 3.54. The molecule has 9 nitrogen and oxygen atoms in total. The van der Waals surface area contributed by atoms with E-state index in [0.717, 1.165) is 7.11 Å². The highest BCUT2D eigenvalue weighted by Gasteiger charge is 2.13. The number of thiazole rings is 1. The maximum Gasteiger partial charge on any atom is 0.346 e. The second kappa shape index (κ2) is 13.0. The van der Waals surface area contributed by atoms with Gasteiger partial charge in [-0.3, -0.25) is 10.1 Å². The van der Waals surface area contributed by atoms with Gasteiger partial charge in [0.2, 0.25) is 10.3 Å². The fourth-order valence-corrected chi connectivity index (χ4v) is 3.09. The van der Waals surface area contributed by atoms with E-state index in [4.69, 9.17) is 9.47 Å². The summed E-state index contributed by atoms with van der Waals surface area (Å²) < 4.78 is 34.8. The van der Waals surface area contributed by atoms with Crippen LogP contribution in [0.1, 0.15) is 24.2 Å². The van der Waals surface area contributed by atoms with Gasteiger partial charge in [0.25, 0.3) is 5.91 Å². The number of amides is 1. The maximum absolute atomic E-state index is 12.5. The van der Waals surface area contributed by atoms with Gasteiger partial charge in [0.05, 0.1) is 13.2 Å². The fraction of sp³-hybridized carbons (Fsp3) is 0.182. The predicted molar refractivity (Wildman–Crippen MR) is 126 cm³/mol. The summed E-state index contributed by atoms with van der Waals surface area (Å²) in [5, 5.41) is 5.56. The zero-order valence-electron chi connectivity index (χ0n) is 18.0. The van der Waals surface area contributed by atoms with Gasteiger partial charge in [-0.2, -0.15) is 8.42 Å². The molecule has 0 saturated heterocycles. The first-order chi connectivity index (χ1) is 15.8. The number of para-hydroxylation sites is 1. The van der Waals surface area contributed by atoms with Crippen LogP contribution < -0.4 is 14.8 Å². The molecule has 0 aliphatic carbocycles. The van der Waals surface area contributed by atoms with Gasteiger partial charge < -0.3 is 14.2 Å². The van der Waals surface area contributed by atoms with Crippen molar-refractivity contribution in [1.82, 2.24) is 4.98 Å². The molecule has 2 aromatic carbocycles. The monoisotopic (exact) mass is 490 g/mol. The van der Waals surface area contributed by atoms with Crippen LogP contribution in [0.4, 0.5) is 5.13 Å². The van der Waals surface area contributed by atoms with Crippen LogP contribution in [0.2, 0.25) is 0 Å². The minimum atomic E-state index is -2.45. The molecule has 0 saturated carbocycles. The van der Waals surface area contributed by atoms with E-state index in [1.165, 1.54) is 11.3 Å². The molecule has 0 aliphatic heterocycles. The second-order valence-corrected chi connectivity index (χ2v) is 8.12. The number of carbonyl (C=O) groups excluding carboxylic acids is 2. The van der Waals surface area contributed by atoms with Crippen molar-refractivity contribution in [3.63, 3.8) is 0 Å². The molecule has 1 N–H and O–H groups in total. The molecule has 1 heterocycles. The molecule has 0 atom stereocenters. The molecule has 3 rings (SSSR count). The van der Waals surface area contributed by atoms with Crippen molar-refractivity contribution in [2.75, 3.05) is 12.4 Å². The van der Waals surface area contributed by atoms with Crippen molar-refractivity contribution in [3.8, 4) is 17.2 Å². The molecule has 0 aliphatic rings. The van der Waals surface area contributed by atoms with Gasteiger partial charge in [-0.1, -0.05) is 18.2 Å². The molecule has 0 unspecified atom stereocenters. The number of nitrogens with one attached hydrogen (secondary N) is 1. The molecule has 0 spiro atoms. The van der Waals surface area contributed by atoms with E-state index in [1.54, 1.807) is 29.8 Å². The molecule has 1 aromatic heterocycles. The van der Waals surface area contributed by atoms with Crippen molar-refractivity contribution in [2.24, 2.45) is 0 Å². The predicted octanol–water partition coefficient (Wildman–Crippen LogP) is 3.82. The number of methoxy groups -OCH3 is 1. The van der Waals surface area contributed by atoms with Crippen molar-refractivity contribution >= 4 is 44.0 Å². The van der Waals surface area contributed by atoms with Crippen LogP contribution in [0.3, 0.4) is 0 Å². The van der Waals surface area contributed by atoms with Gasteiger partial charge >= 0.3 is 5.97 Å². The average Bonchev–Trinajstić information content (AvgIpc) is 3.27. The maximum atomic E-state index is 12.5. The lowest BCUT2D eigenvalue weighted by Crippen LogP contribution is -2.13. The Morgan fingerprint density at radius 3 is 2.30 bits per heavy atom. The number of rotatable bonds is 7. The van der Waals surface area contributed by atoms with Crippen molar-refractivity contribution < 1.29 is 32.2 Å². The number of esters is 1. The molecule has 174 valence electrons. The molecular formula is C22H22N2O7S2. The minimum absolute atomic E-state index is 0.0122. The third kappa shape index (κ3) is 9.54. The number of ether oxygens (including phenoxy) is 3. The smallest absolute Gasteiger partial charge is 0.346 e. The Morgan fingerprint density at radius 1 is 1.06 bits per heavy atom. The highest BCUT2D eigenvalue weighted by atomic mass is 32.2. The summed E-state index contributed by atoms with van der Waals surface area (Å²) >= 11 is 1.36. The van der Waals surface area contributed by atoms with E-state index < -0.39 is 16.3 Å². The molecule has 33 heavy (non-hydrogen) atoms. The normalized spacial score (nSPS) is 9.82. The van der Waals surface area contributed by atoms with E-state index >= 15 is 0 Å². The third-order valence-corrected chi connectivity index (χ3v) is 4.61. The van der Waals surface area contributed by atoms with Gasteiger partial charge in [0.15, 0.2) is 5.13 Å². The number of aromatic nitrogens is 1. The second-order valence-electron chi connectivity index (χ2n) is 6.47. The number of hydrogen-bond acceptors (Lipinski definition) is 9. The number of anilines is 1. The Balaban J connectivity index is 0.000000414. The molecule has 0 radical (unpaired) electrons. The molecule has 0 bridgehead atoms. The largest absolute Gasteiger partial charge is 0.491 e. The standard InChI is InChI=1S/C19H18N2O3S.C3H4O4S/c1-13(2)23-16-10-14(18(22)21-19-20-8-9-25-19)11-17(12-16)24-15-6-4-3-5-7-15;1-7-3(4)2-8(5)6/h3-13H,1-2H3,(H,20,21,22);2H,1H3. The molecule has 1 amide bonds. The Morgan fingerprint density at radius 2 is 1.76 bits per heavy atom. The molecule has 3 aromatic rings. The zero-order valence-corrected chi connectivity index (χ0v) is 19.7. The summed E-state index contributed by atoms with van der Waals surface area (Å²) in [6, 6.07) is 14.5. The topological polar surface area (TPSA) is 121 Å². The molecule has 11 heteroatoms. The van der Waals surface area contributed by atoms with Crippen molar-refractivity contribution in [1.29, 1.82) is 0 Å². The summed E-state index contributed by atoms with van der Waals surface area (Å²) in [4.78, 5) is 26.5.